The smallest absolute Gasteiger partial charge is 0.142 e. The van der Waals surface area contributed by atoms with Crippen LogP contribution in [0.1, 0.15) is 23.6 Å². The van der Waals surface area contributed by atoms with E-state index in [0.717, 1.165) is 24.4 Å². The molecule has 0 aliphatic heterocycles. The normalized spacial score (nSPS) is 10.3. The van der Waals surface area contributed by atoms with Crippen molar-refractivity contribution in [3.63, 3.8) is 0 Å². The molecule has 1 aromatic heterocycles. The number of nitrogens with one attached hydrogen (secondary N) is 1. The van der Waals surface area contributed by atoms with Gasteiger partial charge in [0.1, 0.15) is 5.75 Å². The Bertz CT molecular complexity index is 493. The molecule has 18 heavy (non-hydrogen) atoms. The van der Waals surface area contributed by atoms with Crippen LogP contribution in [0.5, 0.6) is 5.75 Å². The van der Waals surface area contributed by atoms with Crippen molar-refractivity contribution in [2.45, 2.75) is 26.8 Å². The van der Waals surface area contributed by atoms with Crippen molar-refractivity contribution in [2.24, 2.45) is 0 Å². The maximum atomic E-state index is 5.59. The Morgan fingerprint density at radius 1 is 1.06 bits per heavy atom. The number of anilines is 1. The first-order chi connectivity index (χ1) is 8.83. The molecule has 0 bridgehead atoms. The Kier molecular flexibility index (Phi) is 4.65. The molecule has 0 amide bonds. The molecule has 0 aliphatic carbocycles. The zero-order chi connectivity index (χ0) is 12.8. The fourth-order valence-electron chi connectivity index (χ4n) is 1.78. The second-order valence-electron chi connectivity index (χ2n) is 4.00. The molecule has 0 saturated heterocycles. The predicted octanol–water partition coefficient (Wildman–Crippen LogP) is 4.32. The van der Waals surface area contributed by atoms with Gasteiger partial charge in [0, 0.05) is 16.3 Å². The summed E-state index contributed by atoms with van der Waals surface area (Å²) in [5.74, 6) is 0.923. The van der Waals surface area contributed by atoms with Crippen molar-refractivity contribution in [1.29, 1.82) is 0 Å². The first-order valence-electron chi connectivity index (χ1n) is 6.36. The van der Waals surface area contributed by atoms with Gasteiger partial charge in [0.15, 0.2) is 0 Å². The summed E-state index contributed by atoms with van der Waals surface area (Å²) < 4.78 is 5.59. The van der Waals surface area contributed by atoms with Crippen LogP contribution < -0.4 is 10.1 Å². The van der Waals surface area contributed by atoms with E-state index in [0.29, 0.717) is 6.61 Å². The molecule has 0 atom stereocenters. The minimum absolute atomic E-state index is 0.692. The average Bonchev–Trinajstić information content (AvgIpc) is 2.86. The van der Waals surface area contributed by atoms with Gasteiger partial charge in [-0.2, -0.15) is 0 Å². The molecule has 1 aromatic carbocycles. The lowest BCUT2D eigenvalue weighted by atomic mass is 10.3. The lowest BCUT2D eigenvalue weighted by molar-refractivity contribution is 0.341. The predicted molar refractivity (Wildman–Crippen MR) is 78.6 cm³/mol. The van der Waals surface area contributed by atoms with E-state index in [1.165, 1.54) is 9.75 Å². The summed E-state index contributed by atoms with van der Waals surface area (Å²) in [6.45, 7) is 5.74. The van der Waals surface area contributed by atoms with E-state index < -0.39 is 0 Å². The van der Waals surface area contributed by atoms with Gasteiger partial charge < -0.3 is 10.1 Å². The summed E-state index contributed by atoms with van der Waals surface area (Å²) >= 11 is 1.87. The topological polar surface area (TPSA) is 21.3 Å². The molecule has 0 aliphatic rings. The molecular weight excluding hydrogens is 242 g/mol. The fourth-order valence-corrected chi connectivity index (χ4v) is 2.68. The van der Waals surface area contributed by atoms with E-state index in [1.54, 1.807) is 0 Å². The molecular formula is C15H19NOS. The first-order valence-corrected chi connectivity index (χ1v) is 7.18. The number of aryl methyl sites for hydroxylation is 1. The highest BCUT2D eigenvalue weighted by Gasteiger charge is 2.03. The highest BCUT2D eigenvalue weighted by atomic mass is 32.1. The van der Waals surface area contributed by atoms with Crippen LogP contribution in [0.25, 0.3) is 0 Å². The van der Waals surface area contributed by atoms with Gasteiger partial charge in [-0.15, -0.1) is 11.3 Å². The highest BCUT2D eigenvalue weighted by molar-refractivity contribution is 7.12. The van der Waals surface area contributed by atoms with Gasteiger partial charge in [-0.3, -0.25) is 0 Å². The van der Waals surface area contributed by atoms with E-state index in [-0.39, 0.29) is 0 Å². The lowest BCUT2D eigenvalue weighted by Crippen LogP contribution is -2.01. The molecule has 1 heterocycles. The average molecular weight is 261 g/mol. The van der Waals surface area contributed by atoms with E-state index in [2.05, 4.69) is 30.4 Å². The third kappa shape index (κ3) is 3.26. The van der Waals surface area contributed by atoms with Crippen molar-refractivity contribution in [2.75, 3.05) is 11.9 Å². The van der Waals surface area contributed by atoms with Crippen LogP contribution in [0.3, 0.4) is 0 Å². The molecule has 2 aromatic rings. The lowest BCUT2D eigenvalue weighted by Gasteiger charge is -2.11. The Labute approximate surface area is 113 Å². The second kappa shape index (κ2) is 6.45. The molecule has 2 rings (SSSR count). The molecule has 0 radical (unpaired) electrons. The van der Waals surface area contributed by atoms with Crippen molar-refractivity contribution in [3.8, 4) is 5.75 Å². The van der Waals surface area contributed by atoms with Gasteiger partial charge in [0.25, 0.3) is 0 Å². The highest BCUT2D eigenvalue weighted by Crippen LogP contribution is 2.25. The Morgan fingerprint density at radius 3 is 2.56 bits per heavy atom. The Morgan fingerprint density at radius 2 is 1.83 bits per heavy atom. The number of para-hydroxylation sites is 2. The van der Waals surface area contributed by atoms with E-state index in [1.807, 2.05) is 36.5 Å². The monoisotopic (exact) mass is 261 g/mol. The number of hydrogen-bond acceptors (Lipinski definition) is 3. The van der Waals surface area contributed by atoms with Gasteiger partial charge >= 0.3 is 0 Å². The number of thiophene rings is 1. The molecule has 0 unspecified atom stereocenters. The molecule has 96 valence electrons. The zero-order valence-corrected chi connectivity index (χ0v) is 11.7. The SMILES string of the molecule is CCOc1ccccc1NCc1ccc(CC)s1. The summed E-state index contributed by atoms with van der Waals surface area (Å²) in [6.07, 6.45) is 1.11. The minimum atomic E-state index is 0.692. The fraction of sp³-hybridized carbons (Fsp3) is 0.333. The largest absolute Gasteiger partial charge is 0.492 e. The van der Waals surface area contributed by atoms with Crippen molar-refractivity contribution in [1.82, 2.24) is 0 Å². The van der Waals surface area contributed by atoms with Crippen molar-refractivity contribution in [3.05, 3.63) is 46.2 Å². The zero-order valence-electron chi connectivity index (χ0n) is 10.9. The third-order valence-corrected chi connectivity index (χ3v) is 3.94. The Hall–Kier alpha value is -1.48. The summed E-state index contributed by atoms with van der Waals surface area (Å²) in [7, 11) is 0. The maximum absolute atomic E-state index is 5.59. The van der Waals surface area contributed by atoms with Crippen molar-refractivity contribution >= 4 is 17.0 Å². The van der Waals surface area contributed by atoms with Gasteiger partial charge in [0.2, 0.25) is 0 Å². The van der Waals surface area contributed by atoms with Crippen molar-refractivity contribution < 1.29 is 4.74 Å². The maximum Gasteiger partial charge on any atom is 0.142 e. The quantitative estimate of drug-likeness (QED) is 0.836. The molecule has 0 fully saturated rings. The number of benzene rings is 1. The van der Waals surface area contributed by atoms with E-state index >= 15 is 0 Å². The molecule has 0 spiro atoms. The van der Waals surface area contributed by atoms with E-state index in [9.17, 15) is 0 Å². The standard InChI is InChI=1S/C15H19NOS/c1-3-12-9-10-13(18-12)11-16-14-7-5-6-8-15(14)17-4-2/h5-10,16H,3-4,11H2,1-2H3. The Balaban J connectivity index is 2.01. The summed E-state index contributed by atoms with van der Waals surface area (Å²) in [5.41, 5.74) is 1.06. The third-order valence-electron chi connectivity index (χ3n) is 2.71. The van der Waals surface area contributed by atoms with E-state index in [4.69, 9.17) is 4.74 Å². The summed E-state index contributed by atoms with van der Waals surface area (Å²) in [5, 5.41) is 3.44. The molecule has 3 heteroatoms. The molecule has 1 N–H and O–H groups in total. The second-order valence-corrected chi connectivity index (χ2v) is 5.26. The van der Waals surface area contributed by atoms with Crippen LogP contribution in [0.4, 0.5) is 5.69 Å². The summed E-state index contributed by atoms with van der Waals surface area (Å²) in [6, 6.07) is 12.5. The minimum Gasteiger partial charge on any atom is -0.492 e. The molecule has 2 nitrogen and oxygen atoms in total. The van der Waals surface area contributed by atoms with Gasteiger partial charge in [-0.25, -0.2) is 0 Å². The van der Waals surface area contributed by atoms with Gasteiger partial charge in [0.05, 0.1) is 12.3 Å². The van der Waals surface area contributed by atoms with Gasteiger partial charge in [-0.05, 0) is 37.6 Å². The van der Waals surface area contributed by atoms with Crippen LogP contribution >= 0.6 is 11.3 Å². The van der Waals surface area contributed by atoms with Crippen LogP contribution in [0.2, 0.25) is 0 Å². The number of hydrogen-bond donors (Lipinski definition) is 1. The van der Waals surface area contributed by atoms with Gasteiger partial charge in [-0.1, -0.05) is 19.1 Å². The number of ether oxygens (including phenoxy) is 1. The van der Waals surface area contributed by atoms with Crippen LogP contribution in [0, 0.1) is 0 Å². The number of rotatable bonds is 6. The van der Waals surface area contributed by atoms with Crippen LogP contribution in [-0.2, 0) is 13.0 Å². The first kappa shape index (κ1) is 13.0. The summed E-state index contributed by atoms with van der Waals surface area (Å²) in [4.78, 5) is 2.79. The van der Waals surface area contributed by atoms with Crippen LogP contribution in [0.15, 0.2) is 36.4 Å². The molecule has 0 saturated carbocycles. The van der Waals surface area contributed by atoms with Crippen LogP contribution in [-0.4, -0.2) is 6.61 Å².